The van der Waals surface area contributed by atoms with E-state index in [-0.39, 0.29) is 5.02 Å². The fourth-order valence-electron chi connectivity index (χ4n) is 1.66. The van der Waals surface area contributed by atoms with E-state index < -0.39 is 5.82 Å². The van der Waals surface area contributed by atoms with Crippen molar-refractivity contribution in [3.05, 3.63) is 57.3 Å². The lowest BCUT2D eigenvalue weighted by atomic mass is 10.1. The van der Waals surface area contributed by atoms with Crippen LogP contribution in [0, 0.1) is 5.82 Å². The number of hydrogen-bond donors (Lipinski definition) is 1. The van der Waals surface area contributed by atoms with Crippen LogP contribution in [0.4, 0.5) is 4.39 Å². The Balaban J connectivity index is 2.33. The molecule has 2 aromatic carbocycles. The Morgan fingerprint density at radius 1 is 1.16 bits per heavy atom. The molecule has 0 amide bonds. The first-order valence-corrected chi connectivity index (χ1v) is 6.88. The summed E-state index contributed by atoms with van der Waals surface area (Å²) < 4.78 is 19.6. The van der Waals surface area contributed by atoms with Crippen molar-refractivity contribution in [1.29, 1.82) is 0 Å². The molecule has 2 N–H and O–H groups in total. The normalized spacial score (nSPS) is 10.5. The smallest absolute Gasteiger partial charge is 0.146 e. The summed E-state index contributed by atoms with van der Waals surface area (Å²) in [5.74, 6) is 0.682. The van der Waals surface area contributed by atoms with Crippen molar-refractivity contribution in [2.75, 3.05) is 6.54 Å². The van der Waals surface area contributed by atoms with Crippen molar-refractivity contribution in [2.24, 2.45) is 5.73 Å². The van der Waals surface area contributed by atoms with Crippen LogP contribution in [0.2, 0.25) is 5.02 Å². The molecule has 2 nitrogen and oxygen atoms in total. The van der Waals surface area contributed by atoms with E-state index in [1.54, 1.807) is 0 Å². The van der Waals surface area contributed by atoms with E-state index in [1.165, 1.54) is 18.2 Å². The number of ether oxygens (including phenoxy) is 1. The minimum atomic E-state index is -0.395. The molecule has 2 rings (SSSR count). The Labute approximate surface area is 124 Å². The van der Waals surface area contributed by atoms with Crippen molar-refractivity contribution in [3.8, 4) is 11.5 Å². The lowest BCUT2D eigenvalue weighted by Gasteiger charge is -2.12. The second-order valence-corrected chi connectivity index (χ2v) is 5.29. The topological polar surface area (TPSA) is 35.2 Å². The maximum atomic E-state index is 13.0. The lowest BCUT2D eigenvalue weighted by Crippen LogP contribution is -2.04. The predicted molar refractivity (Wildman–Crippen MR) is 78.4 cm³/mol. The van der Waals surface area contributed by atoms with Crippen LogP contribution >= 0.6 is 27.5 Å². The molecule has 0 aliphatic heterocycles. The molecule has 19 heavy (non-hydrogen) atoms. The van der Waals surface area contributed by atoms with Gasteiger partial charge >= 0.3 is 0 Å². The molecule has 0 atom stereocenters. The van der Waals surface area contributed by atoms with E-state index in [9.17, 15) is 4.39 Å². The van der Waals surface area contributed by atoms with Crippen molar-refractivity contribution in [2.45, 2.75) is 6.42 Å². The van der Waals surface area contributed by atoms with Gasteiger partial charge in [-0.05, 0) is 48.9 Å². The average molecular weight is 345 g/mol. The van der Waals surface area contributed by atoms with Crippen molar-refractivity contribution in [3.63, 3.8) is 0 Å². The predicted octanol–water partition coefficient (Wildman–Crippen LogP) is 4.54. The van der Waals surface area contributed by atoms with Crippen LogP contribution in [0.25, 0.3) is 0 Å². The van der Waals surface area contributed by atoms with Crippen LogP contribution in [0.1, 0.15) is 5.56 Å². The van der Waals surface area contributed by atoms with Gasteiger partial charge in [0.1, 0.15) is 17.3 Å². The molecule has 0 unspecified atom stereocenters. The highest BCUT2D eigenvalue weighted by Gasteiger charge is 2.09. The third kappa shape index (κ3) is 3.69. The van der Waals surface area contributed by atoms with Gasteiger partial charge in [0.25, 0.3) is 0 Å². The summed E-state index contributed by atoms with van der Waals surface area (Å²) in [4.78, 5) is 0. The zero-order valence-corrected chi connectivity index (χ0v) is 12.3. The van der Waals surface area contributed by atoms with Crippen LogP contribution in [0.15, 0.2) is 40.9 Å². The summed E-state index contributed by atoms with van der Waals surface area (Å²) >= 11 is 9.33. The van der Waals surface area contributed by atoms with E-state index >= 15 is 0 Å². The summed E-state index contributed by atoms with van der Waals surface area (Å²) in [6, 6.07) is 9.72. The number of rotatable bonds is 4. The number of nitrogens with two attached hydrogens (primary N) is 1. The first kappa shape index (κ1) is 14.3. The van der Waals surface area contributed by atoms with Crippen LogP contribution in [-0.2, 0) is 6.42 Å². The van der Waals surface area contributed by atoms with Gasteiger partial charge in [0.2, 0.25) is 0 Å². The third-order valence-corrected chi connectivity index (χ3v) is 3.35. The molecule has 0 aliphatic rings. The van der Waals surface area contributed by atoms with Crippen LogP contribution < -0.4 is 10.5 Å². The van der Waals surface area contributed by atoms with Gasteiger partial charge in [0, 0.05) is 4.47 Å². The van der Waals surface area contributed by atoms with Crippen molar-refractivity contribution < 1.29 is 9.13 Å². The molecule has 0 fully saturated rings. The second-order valence-electron chi connectivity index (χ2n) is 3.97. The average Bonchev–Trinajstić information content (AvgIpc) is 2.36. The van der Waals surface area contributed by atoms with Crippen molar-refractivity contribution >= 4 is 27.5 Å². The van der Waals surface area contributed by atoms with Gasteiger partial charge in [0.15, 0.2) is 0 Å². The highest BCUT2D eigenvalue weighted by Crippen LogP contribution is 2.33. The molecular formula is C14H12BrClFNO. The molecule has 100 valence electrons. The summed E-state index contributed by atoms with van der Waals surface area (Å²) in [7, 11) is 0. The minimum absolute atomic E-state index is 0.235. The summed E-state index contributed by atoms with van der Waals surface area (Å²) in [6.45, 7) is 0.523. The Bertz CT molecular complexity index is 592. The van der Waals surface area contributed by atoms with E-state index in [1.807, 2.05) is 18.2 Å². The van der Waals surface area contributed by atoms with Gasteiger partial charge in [0.05, 0.1) is 5.02 Å². The van der Waals surface area contributed by atoms with Gasteiger partial charge in [-0.2, -0.15) is 0 Å². The van der Waals surface area contributed by atoms with Gasteiger partial charge < -0.3 is 10.5 Å². The molecule has 0 saturated carbocycles. The molecular weight excluding hydrogens is 333 g/mol. The maximum Gasteiger partial charge on any atom is 0.146 e. The molecule has 0 bridgehead atoms. The number of halogens is 3. The van der Waals surface area contributed by atoms with Gasteiger partial charge in [-0.25, -0.2) is 4.39 Å². The van der Waals surface area contributed by atoms with Crippen LogP contribution in [0.3, 0.4) is 0 Å². The maximum absolute atomic E-state index is 13.0. The fraction of sp³-hybridized carbons (Fsp3) is 0.143. The third-order valence-electron chi connectivity index (χ3n) is 2.56. The monoisotopic (exact) mass is 343 g/mol. The molecule has 0 spiro atoms. The molecule has 0 saturated heterocycles. The van der Waals surface area contributed by atoms with Crippen LogP contribution in [0.5, 0.6) is 11.5 Å². The molecule has 0 aliphatic carbocycles. The van der Waals surface area contributed by atoms with Gasteiger partial charge in [-0.1, -0.05) is 33.6 Å². The zero-order valence-electron chi connectivity index (χ0n) is 10.00. The number of hydrogen-bond acceptors (Lipinski definition) is 2. The van der Waals surface area contributed by atoms with E-state index in [0.717, 1.165) is 10.0 Å². The fourth-order valence-corrected chi connectivity index (χ4v) is 2.21. The minimum Gasteiger partial charge on any atom is -0.455 e. The molecule has 5 heteroatoms. The summed E-state index contributed by atoms with van der Waals surface area (Å²) in [5, 5.41) is 0.235. The van der Waals surface area contributed by atoms with E-state index in [4.69, 9.17) is 22.1 Å². The second kappa shape index (κ2) is 6.37. The Kier molecular flexibility index (Phi) is 4.80. The molecule has 0 radical (unpaired) electrons. The SMILES string of the molecule is NCCc1ccc(Br)cc1Oc1ccc(F)cc1Cl. The first-order valence-electron chi connectivity index (χ1n) is 5.71. The highest BCUT2D eigenvalue weighted by molar-refractivity contribution is 9.10. The van der Waals surface area contributed by atoms with Gasteiger partial charge in [-0.3, -0.25) is 0 Å². The highest BCUT2D eigenvalue weighted by atomic mass is 79.9. The van der Waals surface area contributed by atoms with E-state index in [0.29, 0.717) is 24.5 Å². The standard InChI is InChI=1S/C14H12BrClFNO/c15-10-2-1-9(5-6-18)14(7-10)19-13-4-3-11(17)8-12(13)16/h1-4,7-8H,5-6,18H2. The Hall–Kier alpha value is -1.10. The quantitative estimate of drug-likeness (QED) is 0.884. The lowest BCUT2D eigenvalue weighted by molar-refractivity contribution is 0.474. The zero-order chi connectivity index (χ0) is 13.8. The molecule has 0 aromatic heterocycles. The Morgan fingerprint density at radius 3 is 2.63 bits per heavy atom. The largest absolute Gasteiger partial charge is 0.455 e. The first-order chi connectivity index (χ1) is 9.10. The van der Waals surface area contributed by atoms with E-state index in [2.05, 4.69) is 15.9 Å². The van der Waals surface area contributed by atoms with Crippen molar-refractivity contribution in [1.82, 2.24) is 0 Å². The Morgan fingerprint density at radius 2 is 1.95 bits per heavy atom. The number of benzene rings is 2. The molecule has 0 heterocycles. The summed E-state index contributed by atoms with van der Waals surface area (Å²) in [6.07, 6.45) is 0.696. The van der Waals surface area contributed by atoms with Crippen LogP contribution in [-0.4, -0.2) is 6.54 Å². The summed E-state index contributed by atoms with van der Waals surface area (Å²) in [5.41, 5.74) is 6.55. The molecule has 2 aromatic rings. The van der Waals surface area contributed by atoms with Gasteiger partial charge in [-0.15, -0.1) is 0 Å².